The van der Waals surface area contributed by atoms with Gasteiger partial charge in [-0.2, -0.15) is 31.2 Å². The van der Waals surface area contributed by atoms with E-state index in [4.69, 9.17) is 21.7 Å². The number of hydrogen-bond donors (Lipinski definition) is 4. The predicted octanol–water partition coefficient (Wildman–Crippen LogP) is 1.10. The molecule has 0 atom stereocenters. The normalized spacial score (nSPS) is 11.4. The van der Waals surface area contributed by atoms with E-state index < -0.39 is 0 Å². The second kappa shape index (κ2) is 11.1. The minimum Gasteiger partial charge on any atom is -0.394 e. The fraction of sp³-hybridized carbons (Fsp3) is 0.167. The number of hydrogen-bond acceptors (Lipinski definition) is 10. The molecule has 0 aliphatic heterocycles. The van der Waals surface area contributed by atoms with Gasteiger partial charge in [0.15, 0.2) is 0 Å². The number of aliphatic hydroxyl groups excluding tert-OH is 2. The zero-order valence-electron chi connectivity index (χ0n) is 18.9. The predicted molar refractivity (Wildman–Crippen MR) is 130 cm³/mol. The lowest BCUT2D eigenvalue weighted by Gasteiger charge is -2.00. The van der Waals surface area contributed by atoms with Crippen LogP contribution in [0.5, 0.6) is 0 Å². The number of aromatic nitrogens is 4. The maximum atomic E-state index is 9.66. The molecule has 0 amide bonds. The maximum absolute atomic E-state index is 9.66. The molecule has 3 rings (SSSR count). The first-order valence-electron chi connectivity index (χ1n) is 10.5. The summed E-state index contributed by atoms with van der Waals surface area (Å²) >= 11 is 0. The van der Waals surface area contributed by atoms with Crippen LogP contribution in [0, 0.1) is 45.3 Å². The Kier molecular flexibility index (Phi) is 7.81. The minimum atomic E-state index is -0.231. The summed E-state index contributed by atoms with van der Waals surface area (Å²) in [5, 5.41) is 64.9. The molecule has 0 fully saturated rings. The number of anilines is 2. The Hall–Kier alpha value is -5.40. The molecule has 0 saturated heterocycles. The Labute approximate surface area is 206 Å². The van der Waals surface area contributed by atoms with Gasteiger partial charge in [0.25, 0.3) is 0 Å². The Morgan fingerprint density at radius 3 is 1.39 bits per heavy atom. The van der Waals surface area contributed by atoms with E-state index in [9.17, 15) is 21.0 Å². The van der Waals surface area contributed by atoms with Gasteiger partial charge in [-0.3, -0.25) is 0 Å². The molecule has 0 aliphatic carbocycles. The van der Waals surface area contributed by atoms with Gasteiger partial charge < -0.3 is 21.7 Å². The summed E-state index contributed by atoms with van der Waals surface area (Å²) in [7, 11) is 0. The fourth-order valence-corrected chi connectivity index (χ4v) is 3.41. The summed E-state index contributed by atoms with van der Waals surface area (Å²) in [6.07, 6.45) is 3.07. The zero-order valence-corrected chi connectivity index (χ0v) is 18.9. The topological polar surface area (TPSA) is 223 Å². The third kappa shape index (κ3) is 4.91. The average molecular weight is 480 g/mol. The molecule has 36 heavy (non-hydrogen) atoms. The zero-order chi connectivity index (χ0) is 26.2. The number of benzene rings is 1. The van der Waals surface area contributed by atoms with Crippen molar-refractivity contribution in [1.82, 2.24) is 19.6 Å². The Morgan fingerprint density at radius 1 is 0.750 bits per heavy atom. The second-order valence-corrected chi connectivity index (χ2v) is 7.34. The first kappa shape index (κ1) is 25.2. The lowest BCUT2D eigenvalue weighted by Crippen LogP contribution is -2.07. The molecule has 178 valence electrons. The molecule has 0 spiro atoms. The fourth-order valence-electron chi connectivity index (χ4n) is 3.41. The summed E-state index contributed by atoms with van der Waals surface area (Å²) in [6.45, 7) is -0.297. The number of nitrogens with zero attached hydrogens (tertiary/aromatic N) is 8. The number of nitrogens with two attached hydrogens (primary N) is 2. The van der Waals surface area contributed by atoms with E-state index in [0.29, 0.717) is 11.1 Å². The molecule has 0 saturated carbocycles. The van der Waals surface area contributed by atoms with E-state index in [-0.39, 0.29) is 71.6 Å². The monoisotopic (exact) mass is 480 g/mol. The van der Waals surface area contributed by atoms with E-state index in [1.165, 1.54) is 21.5 Å². The van der Waals surface area contributed by atoms with Crippen molar-refractivity contribution in [1.29, 1.82) is 21.0 Å². The number of nitrogen functional groups attached to an aromatic ring is 2. The molecule has 12 heteroatoms. The van der Waals surface area contributed by atoms with Crippen LogP contribution in [-0.4, -0.2) is 43.0 Å². The maximum Gasteiger partial charge on any atom is 0.140 e. The highest BCUT2D eigenvalue weighted by Crippen LogP contribution is 2.27. The van der Waals surface area contributed by atoms with Crippen LogP contribution in [0.3, 0.4) is 0 Å². The number of rotatable bonds is 8. The van der Waals surface area contributed by atoms with Crippen LogP contribution in [0.1, 0.15) is 33.6 Å². The van der Waals surface area contributed by atoms with Crippen LogP contribution in [-0.2, 0) is 13.1 Å². The van der Waals surface area contributed by atoms with Crippen molar-refractivity contribution in [3.8, 4) is 24.3 Å². The van der Waals surface area contributed by atoms with Gasteiger partial charge in [-0.05, 0) is 23.3 Å². The SMILES string of the molecule is N#C/C(=C/c1ccc(/C=C(/C#N)c2nn(CCO)c(N)c2C#N)cc1)c1nn(CCO)c(N)c1C#N. The van der Waals surface area contributed by atoms with Crippen molar-refractivity contribution in [2.24, 2.45) is 0 Å². The lowest BCUT2D eigenvalue weighted by molar-refractivity contribution is 0.270. The third-order valence-corrected chi connectivity index (χ3v) is 5.14. The van der Waals surface area contributed by atoms with E-state index in [1.54, 1.807) is 24.3 Å². The Morgan fingerprint density at radius 2 is 1.11 bits per heavy atom. The van der Waals surface area contributed by atoms with Gasteiger partial charge in [0.1, 0.15) is 58.4 Å². The van der Waals surface area contributed by atoms with Crippen molar-refractivity contribution < 1.29 is 10.2 Å². The first-order valence-corrected chi connectivity index (χ1v) is 10.5. The van der Waals surface area contributed by atoms with Gasteiger partial charge in [0, 0.05) is 0 Å². The van der Waals surface area contributed by atoms with Crippen LogP contribution in [0.4, 0.5) is 11.6 Å². The van der Waals surface area contributed by atoms with Gasteiger partial charge in [-0.25, -0.2) is 9.36 Å². The van der Waals surface area contributed by atoms with Gasteiger partial charge in [-0.1, -0.05) is 24.3 Å². The van der Waals surface area contributed by atoms with Crippen LogP contribution < -0.4 is 11.5 Å². The molecule has 12 nitrogen and oxygen atoms in total. The molecule has 0 bridgehead atoms. The summed E-state index contributed by atoms with van der Waals surface area (Å²) < 4.78 is 2.53. The highest BCUT2D eigenvalue weighted by molar-refractivity contribution is 5.93. The summed E-state index contributed by atoms with van der Waals surface area (Å²) in [5.74, 6) is 0.122. The average Bonchev–Trinajstić information content (AvgIpc) is 3.37. The number of aliphatic hydroxyl groups is 2. The molecule has 0 unspecified atom stereocenters. The Balaban J connectivity index is 1.97. The molecule has 3 aromatic rings. The lowest BCUT2D eigenvalue weighted by atomic mass is 10.0. The molecule has 0 aliphatic rings. The molecule has 2 aromatic heterocycles. The van der Waals surface area contributed by atoms with E-state index >= 15 is 0 Å². The van der Waals surface area contributed by atoms with Gasteiger partial charge in [0.2, 0.25) is 0 Å². The summed E-state index contributed by atoms with van der Waals surface area (Å²) in [5.41, 5.74) is 13.6. The van der Waals surface area contributed by atoms with E-state index in [1.807, 2.05) is 24.3 Å². The quantitative estimate of drug-likeness (QED) is 0.336. The molecule has 2 heterocycles. The minimum absolute atomic E-state index is 0.0441. The number of nitriles is 4. The molecular weight excluding hydrogens is 460 g/mol. The highest BCUT2D eigenvalue weighted by Gasteiger charge is 2.20. The van der Waals surface area contributed by atoms with Crippen LogP contribution in [0.25, 0.3) is 23.3 Å². The van der Waals surface area contributed by atoms with Crippen LogP contribution >= 0.6 is 0 Å². The van der Waals surface area contributed by atoms with Crippen molar-refractivity contribution in [2.75, 3.05) is 24.7 Å². The van der Waals surface area contributed by atoms with Gasteiger partial charge >= 0.3 is 0 Å². The van der Waals surface area contributed by atoms with E-state index in [2.05, 4.69) is 10.2 Å². The third-order valence-electron chi connectivity index (χ3n) is 5.14. The van der Waals surface area contributed by atoms with Crippen LogP contribution in [0.15, 0.2) is 24.3 Å². The second-order valence-electron chi connectivity index (χ2n) is 7.34. The molecule has 0 radical (unpaired) electrons. The molecular formula is C24H20N10O2. The summed E-state index contributed by atoms with van der Waals surface area (Å²) in [6, 6.07) is 14.7. The smallest absolute Gasteiger partial charge is 0.140 e. The van der Waals surface area contributed by atoms with Gasteiger partial charge in [0.05, 0.1) is 37.4 Å². The van der Waals surface area contributed by atoms with Gasteiger partial charge in [-0.15, -0.1) is 0 Å². The largest absolute Gasteiger partial charge is 0.394 e. The first-order chi connectivity index (χ1) is 17.4. The molecule has 1 aromatic carbocycles. The van der Waals surface area contributed by atoms with Crippen molar-refractivity contribution in [3.05, 3.63) is 57.9 Å². The Bertz CT molecular complexity index is 1400. The van der Waals surface area contributed by atoms with Crippen molar-refractivity contribution in [3.63, 3.8) is 0 Å². The van der Waals surface area contributed by atoms with E-state index in [0.717, 1.165) is 0 Å². The highest BCUT2D eigenvalue weighted by atomic mass is 16.3. The molecule has 6 N–H and O–H groups in total. The van der Waals surface area contributed by atoms with Crippen LogP contribution in [0.2, 0.25) is 0 Å². The van der Waals surface area contributed by atoms with Crippen molar-refractivity contribution >= 4 is 34.9 Å². The van der Waals surface area contributed by atoms with Crippen molar-refractivity contribution in [2.45, 2.75) is 13.1 Å². The number of allylic oxidation sites excluding steroid dienone is 2. The summed E-state index contributed by atoms with van der Waals surface area (Å²) in [4.78, 5) is 0. The standard InChI is InChI=1S/C24H20N10O2/c25-11-17(21-19(13-27)23(29)33(31-21)5-7-35)9-15-1-2-16(4-3-15)10-18(12-26)22-20(14-28)24(30)34(32-22)6-8-36/h1-4,9-10,35-36H,5-8,29-30H2/b17-9-,18-10-.